The Morgan fingerprint density at radius 2 is 2.20 bits per heavy atom. The first-order valence-corrected chi connectivity index (χ1v) is 4.97. The van der Waals surface area contributed by atoms with Crippen molar-refractivity contribution in [1.29, 1.82) is 0 Å². The molecule has 78 valence electrons. The van der Waals surface area contributed by atoms with E-state index in [1.54, 1.807) is 0 Å². The predicted molar refractivity (Wildman–Crippen MR) is 56.1 cm³/mol. The summed E-state index contributed by atoms with van der Waals surface area (Å²) in [6.07, 6.45) is 0. The highest BCUT2D eigenvalue weighted by atomic mass is 35.5. The van der Waals surface area contributed by atoms with E-state index in [1.165, 1.54) is 6.07 Å². The summed E-state index contributed by atoms with van der Waals surface area (Å²) in [5, 5.41) is 18.5. The van der Waals surface area contributed by atoms with Crippen LogP contribution in [0.25, 0.3) is 10.2 Å². The van der Waals surface area contributed by atoms with Gasteiger partial charge in [-0.25, -0.2) is 4.79 Å². The van der Waals surface area contributed by atoms with Crippen molar-refractivity contribution in [2.45, 2.75) is 0 Å². The molecule has 2 heterocycles. The lowest BCUT2D eigenvalue weighted by atomic mass is 10.2. The molecule has 0 aliphatic heterocycles. The normalized spacial score (nSPS) is 10.7. The maximum Gasteiger partial charge on any atom is 0.345 e. The molecule has 0 aromatic carbocycles. The lowest BCUT2D eigenvalue weighted by Crippen LogP contribution is -2.16. The minimum Gasteiger partial charge on any atom is -0.506 e. The number of aromatic hydroxyl groups is 1. The second-order valence-corrected chi connectivity index (χ2v) is 4.46. The third-order valence-electron chi connectivity index (χ3n) is 1.86. The Bertz CT molecular complexity index is 615. The van der Waals surface area contributed by atoms with Gasteiger partial charge in [-0.3, -0.25) is 4.79 Å². The van der Waals surface area contributed by atoms with E-state index < -0.39 is 22.8 Å². The van der Waals surface area contributed by atoms with Crippen LogP contribution in [0.1, 0.15) is 10.4 Å². The van der Waals surface area contributed by atoms with Crippen LogP contribution in [0.2, 0.25) is 4.34 Å². The molecule has 0 radical (unpaired) electrons. The quantitative estimate of drug-likeness (QED) is 0.712. The monoisotopic (exact) mass is 245 g/mol. The molecule has 0 saturated heterocycles. The summed E-state index contributed by atoms with van der Waals surface area (Å²) in [5.74, 6) is -2.03. The van der Waals surface area contributed by atoms with Crippen LogP contribution in [0, 0.1) is 0 Å². The number of carbonyl (C=O) groups is 1. The molecule has 0 atom stereocenters. The smallest absolute Gasteiger partial charge is 0.345 e. The molecule has 0 amide bonds. The first-order valence-electron chi connectivity index (χ1n) is 3.78. The van der Waals surface area contributed by atoms with Crippen molar-refractivity contribution in [1.82, 2.24) is 4.98 Å². The van der Waals surface area contributed by atoms with Gasteiger partial charge in [-0.2, -0.15) is 0 Å². The molecule has 0 aliphatic carbocycles. The molecule has 2 aromatic heterocycles. The van der Waals surface area contributed by atoms with Gasteiger partial charge < -0.3 is 15.2 Å². The van der Waals surface area contributed by atoms with Crippen molar-refractivity contribution >= 4 is 39.1 Å². The largest absolute Gasteiger partial charge is 0.506 e. The van der Waals surface area contributed by atoms with Crippen LogP contribution in [0.4, 0.5) is 0 Å². The first-order chi connectivity index (χ1) is 7.00. The Hall–Kier alpha value is -1.53. The maximum absolute atomic E-state index is 11.3. The molecule has 2 aromatic rings. The third-order valence-corrected chi connectivity index (χ3v) is 3.04. The van der Waals surface area contributed by atoms with Gasteiger partial charge >= 0.3 is 5.97 Å². The van der Waals surface area contributed by atoms with E-state index >= 15 is 0 Å². The standard InChI is InChI=1S/C8H4ClNO4S/c9-3-1-2-5(11)4(8(13)14)6(12)10-7(2)15-3/h1H,(H,13,14)(H2,10,11,12). The number of aromatic nitrogens is 1. The number of pyridine rings is 1. The van der Waals surface area contributed by atoms with Crippen molar-refractivity contribution in [2.24, 2.45) is 0 Å². The average Bonchev–Trinajstić information content (AvgIpc) is 2.45. The molecule has 0 spiro atoms. The number of thiophene rings is 1. The van der Waals surface area contributed by atoms with Crippen LogP contribution < -0.4 is 5.56 Å². The summed E-state index contributed by atoms with van der Waals surface area (Å²) in [4.78, 5) is 24.6. The molecule has 7 heteroatoms. The van der Waals surface area contributed by atoms with E-state index in [2.05, 4.69) is 4.98 Å². The minimum absolute atomic E-state index is 0.238. The number of fused-ring (bicyclic) bond motifs is 1. The number of rotatable bonds is 1. The van der Waals surface area contributed by atoms with Crippen molar-refractivity contribution in [3.8, 4) is 5.75 Å². The fraction of sp³-hybridized carbons (Fsp3) is 0. The molecule has 0 aliphatic rings. The van der Waals surface area contributed by atoms with Crippen LogP contribution in [0.5, 0.6) is 5.75 Å². The fourth-order valence-electron chi connectivity index (χ4n) is 1.24. The number of carboxylic acid groups (broad SMARTS) is 1. The van der Waals surface area contributed by atoms with Crippen LogP contribution >= 0.6 is 22.9 Å². The SMILES string of the molecule is O=C(O)c1c(O)c2cc(Cl)sc2[nH]c1=O. The lowest BCUT2D eigenvalue weighted by molar-refractivity contribution is 0.0692. The van der Waals surface area contributed by atoms with Crippen molar-refractivity contribution in [3.63, 3.8) is 0 Å². The molecular weight excluding hydrogens is 242 g/mol. The molecule has 2 rings (SSSR count). The van der Waals surface area contributed by atoms with Crippen molar-refractivity contribution < 1.29 is 15.0 Å². The van der Waals surface area contributed by atoms with Gasteiger partial charge in [-0.1, -0.05) is 11.6 Å². The van der Waals surface area contributed by atoms with Gasteiger partial charge in [0.1, 0.15) is 10.6 Å². The topological polar surface area (TPSA) is 90.4 Å². The van der Waals surface area contributed by atoms with Gasteiger partial charge in [0.15, 0.2) is 5.56 Å². The number of halogens is 1. The fourth-order valence-corrected chi connectivity index (χ4v) is 2.36. The highest BCUT2D eigenvalue weighted by Gasteiger charge is 2.19. The molecule has 0 saturated carbocycles. The Morgan fingerprint density at radius 3 is 2.80 bits per heavy atom. The van der Waals surface area contributed by atoms with E-state index in [0.717, 1.165) is 11.3 Å². The first kappa shape index (κ1) is 10.0. The number of hydrogen-bond acceptors (Lipinski definition) is 4. The Morgan fingerprint density at radius 1 is 1.53 bits per heavy atom. The highest BCUT2D eigenvalue weighted by Crippen LogP contribution is 2.33. The summed E-state index contributed by atoms with van der Waals surface area (Å²) in [5.41, 5.74) is -1.51. The zero-order valence-electron chi connectivity index (χ0n) is 7.07. The van der Waals surface area contributed by atoms with Gasteiger partial charge in [0.05, 0.1) is 9.72 Å². The molecule has 15 heavy (non-hydrogen) atoms. The number of aromatic carboxylic acids is 1. The summed E-state index contributed by atoms with van der Waals surface area (Å²) in [6.45, 7) is 0. The predicted octanol–water partition coefficient (Wildman–Crippen LogP) is 1.65. The van der Waals surface area contributed by atoms with Crippen molar-refractivity contribution in [2.75, 3.05) is 0 Å². The zero-order chi connectivity index (χ0) is 11.2. The molecule has 0 unspecified atom stereocenters. The van der Waals surface area contributed by atoms with Crippen LogP contribution in [0.3, 0.4) is 0 Å². The van der Waals surface area contributed by atoms with Gasteiger partial charge in [-0.15, -0.1) is 11.3 Å². The number of H-pyrrole nitrogens is 1. The number of aromatic amines is 1. The van der Waals surface area contributed by atoms with E-state index in [0.29, 0.717) is 9.17 Å². The van der Waals surface area contributed by atoms with Gasteiger partial charge in [-0.05, 0) is 6.07 Å². The van der Waals surface area contributed by atoms with E-state index in [1.807, 2.05) is 0 Å². The second kappa shape index (κ2) is 3.25. The van der Waals surface area contributed by atoms with Gasteiger partial charge in [0, 0.05) is 0 Å². The minimum atomic E-state index is -1.47. The average molecular weight is 246 g/mol. The highest BCUT2D eigenvalue weighted by molar-refractivity contribution is 7.22. The Balaban J connectivity index is 2.95. The van der Waals surface area contributed by atoms with Crippen molar-refractivity contribution in [3.05, 3.63) is 26.3 Å². The molecule has 0 bridgehead atoms. The maximum atomic E-state index is 11.3. The Kier molecular flexibility index (Phi) is 2.17. The molecule has 5 nitrogen and oxygen atoms in total. The summed E-state index contributed by atoms with van der Waals surface area (Å²) >= 11 is 6.74. The third kappa shape index (κ3) is 1.47. The van der Waals surface area contributed by atoms with Crippen LogP contribution in [-0.4, -0.2) is 21.2 Å². The molecule has 3 N–H and O–H groups in total. The van der Waals surface area contributed by atoms with E-state index in [-0.39, 0.29) is 5.39 Å². The number of carboxylic acids is 1. The van der Waals surface area contributed by atoms with E-state index in [4.69, 9.17) is 16.7 Å². The van der Waals surface area contributed by atoms with Gasteiger partial charge in [0.2, 0.25) is 0 Å². The summed E-state index contributed by atoms with van der Waals surface area (Å²) in [7, 11) is 0. The van der Waals surface area contributed by atoms with Crippen LogP contribution in [-0.2, 0) is 0 Å². The lowest BCUT2D eigenvalue weighted by Gasteiger charge is -1.98. The summed E-state index contributed by atoms with van der Waals surface area (Å²) < 4.78 is 0.360. The van der Waals surface area contributed by atoms with Gasteiger partial charge in [0.25, 0.3) is 5.56 Å². The van der Waals surface area contributed by atoms with Crippen LogP contribution in [0.15, 0.2) is 10.9 Å². The summed E-state index contributed by atoms with van der Waals surface area (Å²) in [6, 6.07) is 1.40. The second-order valence-electron chi connectivity index (χ2n) is 2.78. The zero-order valence-corrected chi connectivity index (χ0v) is 8.65. The number of nitrogens with one attached hydrogen (secondary N) is 1. The van der Waals surface area contributed by atoms with E-state index in [9.17, 15) is 14.7 Å². The molecule has 0 fully saturated rings. The molecular formula is C8H4ClNO4S. The number of hydrogen-bond donors (Lipinski definition) is 3. The Labute approximate surface area is 91.6 Å².